The first-order valence-electron chi connectivity index (χ1n) is 7.29. The van der Waals surface area contributed by atoms with Gasteiger partial charge >= 0.3 is 0 Å². The van der Waals surface area contributed by atoms with Gasteiger partial charge in [0.15, 0.2) is 0 Å². The molecule has 1 saturated carbocycles. The van der Waals surface area contributed by atoms with Gasteiger partial charge in [-0.05, 0) is 48.6 Å². The first-order chi connectivity index (χ1) is 9.83. The molecule has 104 valence electrons. The molecule has 0 saturated heterocycles. The fourth-order valence-electron chi connectivity index (χ4n) is 2.55. The highest BCUT2D eigenvalue weighted by Crippen LogP contribution is 2.29. The summed E-state index contributed by atoms with van der Waals surface area (Å²) in [6.45, 7) is 2.05. The van der Waals surface area contributed by atoms with Crippen LogP contribution in [0.15, 0.2) is 48.8 Å². The van der Waals surface area contributed by atoms with Crippen LogP contribution >= 0.6 is 0 Å². The van der Waals surface area contributed by atoms with Gasteiger partial charge in [-0.3, -0.25) is 9.88 Å². The number of hydrogen-bond donors (Lipinski definition) is 1. The van der Waals surface area contributed by atoms with Crippen LogP contribution in [-0.4, -0.2) is 22.5 Å². The van der Waals surface area contributed by atoms with Crippen molar-refractivity contribution in [3.05, 3.63) is 59.9 Å². The van der Waals surface area contributed by atoms with Crippen molar-refractivity contribution >= 4 is 5.69 Å². The predicted molar refractivity (Wildman–Crippen MR) is 82.2 cm³/mol. The van der Waals surface area contributed by atoms with E-state index in [0.717, 1.165) is 31.2 Å². The second-order valence-electron chi connectivity index (χ2n) is 5.51. The molecule has 1 aromatic heterocycles. The number of nitrogens with zero attached hydrogens (tertiary/aromatic N) is 2. The van der Waals surface area contributed by atoms with Gasteiger partial charge in [-0.1, -0.05) is 18.2 Å². The number of benzene rings is 1. The van der Waals surface area contributed by atoms with Gasteiger partial charge in [0, 0.05) is 37.2 Å². The molecule has 20 heavy (non-hydrogen) atoms. The van der Waals surface area contributed by atoms with E-state index in [-0.39, 0.29) is 0 Å². The molecule has 3 rings (SSSR count). The summed E-state index contributed by atoms with van der Waals surface area (Å²) in [5, 5.41) is 0. The monoisotopic (exact) mass is 267 g/mol. The highest BCUT2D eigenvalue weighted by molar-refractivity contribution is 5.46. The molecule has 3 nitrogen and oxygen atoms in total. The third-order valence-electron chi connectivity index (χ3n) is 3.93. The quantitative estimate of drug-likeness (QED) is 0.818. The van der Waals surface area contributed by atoms with Crippen LogP contribution in [0.4, 0.5) is 5.69 Å². The molecule has 1 aliphatic carbocycles. The third-order valence-corrected chi connectivity index (χ3v) is 3.93. The Kier molecular flexibility index (Phi) is 3.97. The zero-order valence-corrected chi connectivity index (χ0v) is 11.7. The van der Waals surface area contributed by atoms with E-state index in [1.807, 2.05) is 24.5 Å². The number of pyridine rings is 1. The standard InChI is InChI=1S/C17H21N3/c18-17-4-2-1-3-15(17)13-20(16-5-6-16)12-9-14-7-10-19-11-8-14/h1-4,7-8,10-11,16H,5-6,9,12-13,18H2. The molecule has 0 atom stereocenters. The van der Waals surface area contributed by atoms with Crippen molar-refractivity contribution in [2.75, 3.05) is 12.3 Å². The van der Waals surface area contributed by atoms with E-state index in [4.69, 9.17) is 5.73 Å². The van der Waals surface area contributed by atoms with Gasteiger partial charge in [-0.2, -0.15) is 0 Å². The lowest BCUT2D eigenvalue weighted by Crippen LogP contribution is -2.28. The van der Waals surface area contributed by atoms with Gasteiger partial charge in [0.25, 0.3) is 0 Å². The minimum absolute atomic E-state index is 0.747. The van der Waals surface area contributed by atoms with E-state index in [1.54, 1.807) is 0 Å². The molecule has 3 heteroatoms. The van der Waals surface area contributed by atoms with Crippen molar-refractivity contribution in [2.24, 2.45) is 0 Å². The largest absolute Gasteiger partial charge is 0.398 e. The molecule has 1 aliphatic rings. The SMILES string of the molecule is Nc1ccccc1CN(CCc1ccncc1)C1CC1. The summed E-state index contributed by atoms with van der Waals surface area (Å²) in [5.74, 6) is 0. The highest BCUT2D eigenvalue weighted by Gasteiger charge is 2.28. The van der Waals surface area contributed by atoms with E-state index in [2.05, 4.69) is 34.1 Å². The lowest BCUT2D eigenvalue weighted by molar-refractivity contribution is 0.258. The number of rotatable bonds is 6. The lowest BCUT2D eigenvalue weighted by atomic mass is 10.1. The molecule has 0 bridgehead atoms. The van der Waals surface area contributed by atoms with Crippen LogP contribution < -0.4 is 5.73 Å². The zero-order valence-electron chi connectivity index (χ0n) is 11.7. The maximum absolute atomic E-state index is 6.06. The fourth-order valence-corrected chi connectivity index (χ4v) is 2.55. The van der Waals surface area contributed by atoms with Gasteiger partial charge in [0.1, 0.15) is 0 Å². The minimum Gasteiger partial charge on any atom is -0.398 e. The molecule has 1 heterocycles. The number of aromatic nitrogens is 1. The Morgan fingerprint density at radius 3 is 2.55 bits per heavy atom. The Balaban J connectivity index is 1.63. The van der Waals surface area contributed by atoms with Crippen LogP contribution in [0.2, 0.25) is 0 Å². The van der Waals surface area contributed by atoms with E-state index in [9.17, 15) is 0 Å². The molecule has 1 aromatic carbocycles. The van der Waals surface area contributed by atoms with Crippen LogP contribution in [0.1, 0.15) is 24.0 Å². The lowest BCUT2D eigenvalue weighted by Gasteiger charge is -2.22. The van der Waals surface area contributed by atoms with E-state index in [1.165, 1.54) is 24.0 Å². The highest BCUT2D eigenvalue weighted by atomic mass is 15.2. The average Bonchev–Trinajstić information content (AvgIpc) is 3.31. The summed E-state index contributed by atoms with van der Waals surface area (Å²) in [7, 11) is 0. The number of nitrogens with two attached hydrogens (primary N) is 1. The average molecular weight is 267 g/mol. The number of anilines is 1. The van der Waals surface area contributed by atoms with Crippen molar-refractivity contribution in [3.63, 3.8) is 0 Å². The van der Waals surface area contributed by atoms with E-state index in [0.29, 0.717) is 0 Å². The smallest absolute Gasteiger partial charge is 0.0359 e. The maximum Gasteiger partial charge on any atom is 0.0359 e. The molecule has 0 unspecified atom stereocenters. The van der Waals surface area contributed by atoms with Gasteiger partial charge in [0.2, 0.25) is 0 Å². The predicted octanol–water partition coefficient (Wildman–Crippen LogP) is 2.87. The molecular formula is C17H21N3. The Bertz CT molecular complexity index is 549. The van der Waals surface area contributed by atoms with Gasteiger partial charge < -0.3 is 5.73 Å². The third kappa shape index (κ3) is 3.36. The topological polar surface area (TPSA) is 42.1 Å². The first kappa shape index (κ1) is 13.1. The van der Waals surface area contributed by atoms with Crippen molar-refractivity contribution in [3.8, 4) is 0 Å². The van der Waals surface area contributed by atoms with Crippen LogP contribution in [0, 0.1) is 0 Å². The van der Waals surface area contributed by atoms with E-state index >= 15 is 0 Å². The molecule has 1 fully saturated rings. The van der Waals surface area contributed by atoms with E-state index < -0.39 is 0 Å². The molecule has 0 spiro atoms. The Morgan fingerprint density at radius 1 is 1.10 bits per heavy atom. The van der Waals surface area contributed by atoms with Gasteiger partial charge in [-0.25, -0.2) is 0 Å². The maximum atomic E-state index is 6.06. The summed E-state index contributed by atoms with van der Waals surface area (Å²) in [5.41, 5.74) is 9.56. The van der Waals surface area contributed by atoms with Crippen LogP contribution in [0.5, 0.6) is 0 Å². The van der Waals surface area contributed by atoms with Crippen molar-refractivity contribution in [1.29, 1.82) is 0 Å². The second kappa shape index (κ2) is 6.06. The van der Waals surface area contributed by atoms with Crippen LogP contribution in [0.25, 0.3) is 0 Å². The van der Waals surface area contributed by atoms with Crippen molar-refractivity contribution in [2.45, 2.75) is 31.8 Å². The molecule has 2 aromatic rings. The molecule has 2 N–H and O–H groups in total. The molecular weight excluding hydrogens is 246 g/mol. The van der Waals surface area contributed by atoms with Crippen LogP contribution in [-0.2, 0) is 13.0 Å². The number of nitrogen functional groups attached to an aromatic ring is 1. The Hall–Kier alpha value is -1.87. The second-order valence-corrected chi connectivity index (χ2v) is 5.51. The summed E-state index contributed by atoms with van der Waals surface area (Å²) < 4.78 is 0. The van der Waals surface area contributed by atoms with Gasteiger partial charge in [-0.15, -0.1) is 0 Å². The molecule has 0 radical (unpaired) electrons. The molecule has 0 aliphatic heterocycles. The Morgan fingerprint density at radius 2 is 1.85 bits per heavy atom. The van der Waals surface area contributed by atoms with Crippen molar-refractivity contribution < 1.29 is 0 Å². The van der Waals surface area contributed by atoms with Crippen LogP contribution in [0.3, 0.4) is 0 Å². The minimum atomic E-state index is 0.747. The summed E-state index contributed by atoms with van der Waals surface area (Å²) in [6, 6.07) is 13.1. The number of para-hydroxylation sites is 1. The zero-order chi connectivity index (χ0) is 13.8. The van der Waals surface area contributed by atoms with Crippen molar-refractivity contribution in [1.82, 2.24) is 9.88 Å². The fraction of sp³-hybridized carbons (Fsp3) is 0.353. The number of hydrogen-bond acceptors (Lipinski definition) is 3. The summed E-state index contributed by atoms with van der Waals surface area (Å²) in [6.07, 6.45) is 7.45. The van der Waals surface area contributed by atoms with Gasteiger partial charge in [0.05, 0.1) is 0 Å². The first-order valence-corrected chi connectivity index (χ1v) is 7.29. The summed E-state index contributed by atoms with van der Waals surface area (Å²) in [4.78, 5) is 6.63. The summed E-state index contributed by atoms with van der Waals surface area (Å²) >= 11 is 0. The molecule has 0 amide bonds. The Labute approximate surface area is 120 Å². The normalized spacial score (nSPS) is 14.7.